The number of nitrogens with zero attached hydrogens (tertiary/aromatic N) is 3. The Morgan fingerprint density at radius 3 is 2.43 bits per heavy atom. The summed E-state index contributed by atoms with van der Waals surface area (Å²) >= 11 is 0. The van der Waals surface area contributed by atoms with Crippen molar-refractivity contribution in [2.24, 2.45) is 0 Å². The number of Topliss-reactive ketones (excluding diaryl/α,β-unsaturated/α-hetero) is 1. The number of hydrogen-bond acceptors (Lipinski definition) is 4. The Hall–Kier alpha value is -3.28. The summed E-state index contributed by atoms with van der Waals surface area (Å²) < 4.78 is 15.1. The molecule has 30 heavy (non-hydrogen) atoms. The first-order valence-corrected chi connectivity index (χ1v) is 10.3. The van der Waals surface area contributed by atoms with E-state index in [1.165, 1.54) is 24.0 Å². The molecule has 0 saturated carbocycles. The van der Waals surface area contributed by atoms with Gasteiger partial charge >= 0.3 is 0 Å². The highest BCUT2D eigenvalue weighted by molar-refractivity contribution is 6.00. The van der Waals surface area contributed by atoms with Crippen LogP contribution in [0.15, 0.2) is 66.1 Å². The summed E-state index contributed by atoms with van der Waals surface area (Å²) in [7, 11) is 0. The van der Waals surface area contributed by atoms with E-state index in [4.69, 9.17) is 0 Å². The number of ketones is 1. The average molecular weight is 402 g/mol. The highest BCUT2D eigenvalue weighted by Gasteiger charge is 2.39. The average Bonchev–Trinajstić information content (AvgIpc) is 3.21. The van der Waals surface area contributed by atoms with Crippen LogP contribution in [0, 0.1) is 5.82 Å². The van der Waals surface area contributed by atoms with Crippen molar-refractivity contribution in [3.8, 4) is 0 Å². The number of nitrogens with one attached hydrogen (secondary N) is 1. The van der Waals surface area contributed by atoms with Crippen molar-refractivity contribution in [3.63, 3.8) is 0 Å². The number of aromatic nitrogens is 3. The lowest BCUT2D eigenvalue weighted by atomic mass is 9.78. The predicted molar refractivity (Wildman–Crippen MR) is 113 cm³/mol. The first kappa shape index (κ1) is 18.7. The largest absolute Gasteiger partial charge is 0.328 e. The third-order valence-electron chi connectivity index (χ3n) is 6.12. The lowest BCUT2D eigenvalue weighted by Crippen LogP contribution is -2.33. The van der Waals surface area contributed by atoms with Gasteiger partial charge in [-0.3, -0.25) is 4.79 Å². The SMILES string of the molecule is CC(C)c1ccc(C2C3=C(CC(c4ccc(F)cc4)CC3=O)Nc3ncnn32)cc1. The summed E-state index contributed by atoms with van der Waals surface area (Å²) in [5.74, 6) is 0.922. The smallest absolute Gasteiger partial charge is 0.226 e. The molecule has 0 amide bonds. The molecule has 0 saturated heterocycles. The van der Waals surface area contributed by atoms with E-state index in [0.29, 0.717) is 24.7 Å². The van der Waals surface area contributed by atoms with Crippen molar-refractivity contribution in [3.05, 3.63) is 88.6 Å². The normalized spacial score (nSPS) is 20.7. The van der Waals surface area contributed by atoms with Crippen LogP contribution < -0.4 is 5.32 Å². The minimum Gasteiger partial charge on any atom is -0.328 e. The summed E-state index contributed by atoms with van der Waals surface area (Å²) in [4.78, 5) is 17.7. The van der Waals surface area contributed by atoms with Crippen LogP contribution in [-0.2, 0) is 4.79 Å². The van der Waals surface area contributed by atoms with Gasteiger partial charge in [0.1, 0.15) is 18.2 Å². The molecule has 1 aliphatic carbocycles. The van der Waals surface area contributed by atoms with Crippen LogP contribution in [0.25, 0.3) is 0 Å². The summed E-state index contributed by atoms with van der Waals surface area (Å²) in [5, 5.41) is 7.72. The highest BCUT2D eigenvalue weighted by atomic mass is 19.1. The second-order valence-electron chi connectivity index (χ2n) is 8.35. The maximum absolute atomic E-state index is 13.3. The topological polar surface area (TPSA) is 59.8 Å². The molecule has 2 aliphatic rings. The van der Waals surface area contributed by atoms with Crippen molar-refractivity contribution in [1.29, 1.82) is 0 Å². The molecule has 5 rings (SSSR count). The molecule has 2 unspecified atom stereocenters. The number of halogens is 1. The van der Waals surface area contributed by atoms with Gasteiger partial charge in [0.2, 0.25) is 5.95 Å². The zero-order chi connectivity index (χ0) is 20.8. The molecular formula is C24H23FN4O. The number of rotatable bonds is 3. The molecule has 2 atom stereocenters. The maximum atomic E-state index is 13.3. The minimum absolute atomic E-state index is 0.0165. The van der Waals surface area contributed by atoms with E-state index in [1.54, 1.807) is 16.8 Å². The van der Waals surface area contributed by atoms with Crippen molar-refractivity contribution >= 4 is 11.7 Å². The summed E-state index contributed by atoms with van der Waals surface area (Å²) in [6.07, 6.45) is 2.59. The molecule has 2 aromatic carbocycles. The van der Waals surface area contributed by atoms with Crippen LogP contribution in [0.1, 0.15) is 61.3 Å². The van der Waals surface area contributed by atoms with E-state index in [0.717, 1.165) is 22.4 Å². The van der Waals surface area contributed by atoms with Gasteiger partial charge in [-0.05, 0) is 47.1 Å². The van der Waals surface area contributed by atoms with E-state index in [2.05, 4.69) is 53.5 Å². The van der Waals surface area contributed by atoms with Gasteiger partial charge in [-0.1, -0.05) is 50.2 Å². The number of benzene rings is 2. The standard InChI is InChI=1S/C24H23FN4O/c1-14(2)15-3-5-17(6-4-15)23-22-20(28-24-26-13-27-29(23)24)11-18(12-21(22)30)16-7-9-19(25)10-8-16/h3-10,13-14,18,23H,11-12H2,1-2H3,(H,26,27,28). The summed E-state index contributed by atoms with van der Waals surface area (Å²) in [5.41, 5.74) is 4.89. The molecule has 1 aromatic heterocycles. The fraction of sp³-hybridized carbons (Fsp3) is 0.292. The van der Waals surface area contributed by atoms with Crippen LogP contribution in [0.5, 0.6) is 0 Å². The minimum atomic E-state index is -0.290. The lowest BCUT2D eigenvalue weighted by molar-refractivity contribution is -0.116. The van der Waals surface area contributed by atoms with Gasteiger partial charge in [0.05, 0.1) is 0 Å². The maximum Gasteiger partial charge on any atom is 0.226 e. The molecule has 0 spiro atoms. The zero-order valence-electron chi connectivity index (χ0n) is 17.0. The summed E-state index contributed by atoms with van der Waals surface area (Å²) in [6, 6.07) is 14.6. The fourth-order valence-corrected chi connectivity index (χ4v) is 4.49. The molecule has 0 bridgehead atoms. The Morgan fingerprint density at radius 1 is 1.03 bits per heavy atom. The van der Waals surface area contributed by atoms with E-state index < -0.39 is 0 Å². The third kappa shape index (κ3) is 3.12. The van der Waals surface area contributed by atoms with Gasteiger partial charge in [0.15, 0.2) is 5.78 Å². The van der Waals surface area contributed by atoms with Crippen LogP contribution >= 0.6 is 0 Å². The van der Waals surface area contributed by atoms with Gasteiger partial charge in [-0.15, -0.1) is 0 Å². The lowest BCUT2D eigenvalue weighted by Gasteiger charge is -2.35. The number of allylic oxidation sites excluding steroid dienone is 2. The van der Waals surface area contributed by atoms with Crippen molar-refractivity contribution in [2.45, 2.75) is 44.6 Å². The van der Waals surface area contributed by atoms with E-state index in [9.17, 15) is 9.18 Å². The van der Waals surface area contributed by atoms with Crippen molar-refractivity contribution in [1.82, 2.24) is 14.8 Å². The molecule has 3 aromatic rings. The molecule has 1 aliphatic heterocycles. The number of carbonyl (C=O) groups is 1. The molecule has 5 nitrogen and oxygen atoms in total. The van der Waals surface area contributed by atoms with Crippen LogP contribution in [-0.4, -0.2) is 20.5 Å². The second-order valence-corrected chi connectivity index (χ2v) is 8.35. The molecule has 0 radical (unpaired) electrons. The molecular weight excluding hydrogens is 379 g/mol. The van der Waals surface area contributed by atoms with E-state index in [1.807, 2.05) is 0 Å². The van der Waals surface area contributed by atoms with Gasteiger partial charge in [0, 0.05) is 17.7 Å². The Labute approximate surface area is 174 Å². The Morgan fingerprint density at radius 2 is 1.73 bits per heavy atom. The Balaban J connectivity index is 1.56. The van der Waals surface area contributed by atoms with Gasteiger partial charge < -0.3 is 5.32 Å². The van der Waals surface area contributed by atoms with Gasteiger partial charge in [-0.25, -0.2) is 9.07 Å². The predicted octanol–water partition coefficient (Wildman–Crippen LogP) is 4.96. The number of anilines is 1. The van der Waals surface area contributed by atoms with E-state index >= 15 is 0 Å². The molecule has 6 heteroatoms. The molecule has 2 heterocycles. The van der Waals surface area contributed by atoms with Crippen LogP contribution in [0.2, 0.25) is 0 Å². The number of hydrogen-bond donors (Lipinski definition) is 1. The van der Waals surface area contributed by atoms with Crippen molar-refractivity contribution < 1.29 is 9.18 Å². The Kier molecular flexibility index (Phi) is 4.50. The molecule has 0 fully saturated rings. The quantitative estimate of drug-likeness (QED) is 0.673. The number of fused-ring (bicyclic) bond motifs is 1. The fourth-order valence-electron chi connectivity index (χ4n) is 4.49. The summed E-state index contributed by atoms with van der Waals surface area (Å²) in [6.45, 7) is 4.33. The van der Waals surface area contributed by atoms with Crippen LogP contribution in [0.3, 0.4) is 0 Å². The third-order valence-corrected chi connectivity index (χ3v) is 6.12. The first-order valence-electron chi connectivity index (χ1n) is 10.3. The molecule has 1 N–H and O–H groups in total. The van der Waals surface area contributed by atoms with E-state index in [-0.39, 0.29) is 23.6 Å². The van der Waals surface area contributed by atoms with Gasteiger partial charge in [-0.2, -0.15) is 10.1 Å². The first-order chi connectivity index (χ1) is 14.5. The van der Waals surface area contributed by atoms with Crippen molar-refractivity contribution in [2.75, 3.05) is 5.32 Å². The number of carbonyl (C=O) groups excluding carboxylic acids is 1. The van der Waals surface area contributed by atoms with Crippen LogP contribution in [0.4, 0.5) is 10.3 Å². The molecule has 152 valence electrons. The van der Waals surface area contributed by atoms with Gasteiger partial charge in [0.25, 0.3) is 0 Å². The zero-order valence-corrected chi connectivity index (χ0v) is 17.0. The Bertz CT molecular complexity index is 1130. The monoisotopic (exact) mass is 402 g/mol. The second kappa shape index (κ2) is 7.20. The highest BCUT2D eigenvalue weighted by Crippen LogP contribution is 2.43.